The van der Waals surface area contributed by atoms with Crippen molar-refractivity contribution >= 4 is 44.6 Å². The highest BCUT2D eigenvalue weighted by Crippen LogP contribution is 2.38. The van der Waals surface area contributed by atoms with E-state index >= 15 is 4.39 Å². The number of fused-ring (bicyclic) bond motifs is 1. The van der Waals surface area contributed by atoms with E-state index < -0.39 is 0 Å². The van der Waals surface area contributed by atoms with Crippen molar-refractivity contribution in [1.82, 2.24) is 4.90 Å². The van der Waals surface area contributed by atoms with Crippen LogP contribution in [0.25, 0.3) is 21.2 Å². The lowest BCUT2D eigenvalue weighted by atomic mass is 9.86. The van der Waals surface area contributed by atoms with Gasteiger partial charge in [-0.15, -0.1) is 11.3 Å². The van der Waals surface area contributed by atoms with Gasteiger partial charge in [0.1, 0.15) is 10.7 Å². The summed E-state index contributed by atoms with van der Waals surface area (Å²) >= 11 is 8.13. The third-order valence-electron chi connectivity index (χ3n) is 7.31. The Morgan fingerprint density at radius 1 is 1.03 bits per heavy atom. The molecule has 0 bridgehead atoms. The Labute approximate surface area is 220 Å². The van der Waals surface area contributed by atoms with Gasteiger partial charge >= 0.3 is 0 Å². The molecule has 1 heterocycles. The van der Waals surface area contributed by atoms with Gasteiger partial charge in [-0.2, -0.15) is 0 Å². The molecule has 0 saturated heterocycles. The van der Waals surface area contributed by atoms with Crippen LogP contribution in [-0.2, 0) is 6.54 Å². The van der Waals surface area contributed by atoms with Crippen LogP contribution in [0.3, 0.4) is 0 Å². The van der Waals surface area contributed by atoms with Gasteiger partial charge in [0.25, 0.3) is 5.91 Å². The second-order valence-corrected chi connectivity index (χ2v) is 11.2. The first kappa shape index (κ1) is 24.8. The van der Waals surface area contributed by atoms with E-state index in [1.807, 2.05) is 66.5 Å². The van der Waals surface area contributed by atoms with E-state index in [1.165, 1.54) is 17.4 Å². The van der Waals surface area contributed by atoms with Crippen molar-refractivity contribution in [2.45, 2.75) is 45.2 Å². The summed E-state index contributed by atoms with van der Waals surface area (Å²) in [6.45, 7) is 2.48. The number of amides is 1. The van der Waals surface area contributed by atoms with Gasteiger partial charge in [0, 0.05) is 41.0 Å². The monoisotopic (exact) mass is 520 g/mol. The van der Waals surface area contributed by atoms with Crippen molar-refractivity contribution < 1.29 is 9.18 Å². The van der Waals surface area contributed by atoms with Crippen LogP contribution in [0.1, 0.15) is 47.8 Å². The third kappa shape index (κ3) is 5.00. The lowest BCUT2D eigenvalue weighted by Gasteiger charge is -2.36. The maximum Gasteiger partial charge on any atom is 0.266 e. The number of benzene rings is 3. The first-order valence-corrected chi connectivity index (χ1v) is 13.7. The van der Waals surface area contributed by atoms with E-state index in [2.05, 4.69) is 12.2 Å². The van der Waals surface area contributed by atoms with Gasteiger partial charge in [-0.3, -0.25) is 4.79 Å². The molecule has 3 aromatic carbocycles. The highest BCUT2D eigenvalue weighted by molar-refractivity contribution is 7.21. The SMILES string of the molecule is CNc1ccc(-c2ccc(F)c(CN(C(=O)c3sc4ccccc4c3Cl)C3CCC(C)CC3)c2)cc1. The molecule has 0 radical (unpaired) electrons. The summed E-state index contributed by atoms with van der Waals surface area (Å²) in [6.07, 6.45) is 3.97. The fourth-order valence-corrected chi connectivity index (χ4v) is 6.56. The fraction of sp³-hybridized carbons (Fsp3) is 0.300. The number of rotatable bonds is 6. The van der Waals surface area contributed by atoms with E-state index in [1.54, 1.807) is 6.07 Å². The Kier molecular flexibility index (Phi) is 7.31. The summed E-state index contributed by atoms with van der Waals surface area (Å²) in [5.41, 5.74) is 3.48. The number of carbonyl (C=O) groups excluding carboxylic acids is 1. The minimum atomic E-state index is -0.296. The van der Waals surface area contributed by atoms with E-state index in [-0.39, 0.29) is 24.3 Å². The Bertz CT molecular complexity index is 1380. The molecule has 1 saturated carbocycles. The third-order valence-corrected chi connectivity index (χ3v) is 8.97. The summed E-state index contributed by atoms with van der Waals surface area (Å²) in [4.78, 5) is 16.4. The van der Waals surface area contributed by atoms with Gasteiger partial charge in [0.2, 0.25) is 0 Å². The molecule has 5 rings (SSSR count). The van der Waals surface area contributed by atoms with Crippen molar-refractivity contribution in [2.75, 3.05) is 12.4 Å². The zero-order valence-corrected chi connectivity index (χ0v) is 22.1. The van der Waals surface area contributed by atoms with Gasteiger partial charge in [-0.05, 0) is 73.1 Å². The molecule has 1 fully saturated rings. The lowest BCUT2D eigenvalue weighted by molar-refractivity contribution is 0.0596. The van der Waals surface area contributed by atoms with E-state index in [4.69, 9.17) is 11.6 Å². The normalized spacial score (nSPS) is 17.8. The van der Waals surface area contributed by atoms with Crippen LogP contribution in [0.4, 0.5) is 10.1 Å². The van der Waals surface area contributed by atoms with Crippen molar-refractivity contribution in [3.05, 3.63) is 88.0 Å². The molecular formula is C30H30ClFN2OS. The fourth-order valence-electron chi connectivity index (χ4n) is 5.09. The molecule has 0 aliphatic heterocycles. The van der Waals surface area contributed by atoms with Gasteiger partial charge in [0.05, 0.1) is 5.02 Å². The number of nitrogens with one attached hydrogen (secondary N) is 1. The molecular weight excluding hydrogens is 491 g/mol. The maximum atomic E-state index is 15.1. The predicted octanol–water partition coefficient (Wildman–Crippen LogP) is 8.62. The van der Waals surface area contributed by atoms with Crippen LogP contribution < -0.4 is 5.32 Å². The highest BCUT2D eigenvalue weighted by Gasteiger charge is 2.31. The van der Waals surface area contributed by atoms with E-state index in [9.17, 15) is 4.79 Å². The molecule has 0 spiro atoms. The molecule has 1 aliphatic rings. The number of anilines is 1. The Balaban J connectivity index is 1.50. The molecule has 0 unspecified atom stereocenters. The minimum absolute atomic E-state index is 0.0629. The molecule has 36 heavy (non-hydrogen) atoms. The number of carbonyl (C=O) groups is 1. The number of halogens is 2. The van der Waals surface area contributed by atoms with Crippen LogP contribution >= 0.6 is 22.9 Å². The average Bonchev–Trinajstić information content (AvgIpc) is 3.25. The maximum absolute atomic E-state index is 15.1. The Morgan fingerprint density at radius 3 is 2.42 bits per heavy atom. The molecule has 6 heteroatoms. The van der Waals surface area contributed by atoms with Gasteiger partial charge in [0.15, 0.2) is 0 Å². The molecule has 3 nitrogen and oxygen atoms in total. The molecule has 1 N–H and O–H groups in total. The Hall–Kier alpha value is -2.89. The Morgan fingerprint density at radius 2 is 1.72 bits per heavy atom. The van der Waals surface area contributed by atoms with Crippen molar-refractivity contribution in [2.24, 2.45) is 5.92 Å². The second kappa shape index (κ2) is 10.6. The number of hydrogen-bond acceptors (Lipinski definition) is 3. The minimum Gasteiger partial charge on any atom is -0.388 e. The highest BCUT2D eigenvalue weighted by atomic mass is 35.5. The molecule has 186 valence electrons. The molecule has 4 aromatic rings. The van der Waals surface area contributed by atoms with Crippen LogP contribution in [0.15, 0.2) is 66.7 Å². The summed E-state index contributed by atoms with van der Waals surface area (Å²) < 4.78 is 16.1. The number of nitrogens with zero attached hydrogens (tertiary/aromatic N) is 1. The van der Waals surface area contributed by atoms with E-state index in [0.29, 0.717) is 21.4 Å². The first-order valence-electron chi connectivity index (χ1n) is 12.5. The standard InChI is InChI=1S/C30H30ClFN2OS/c1-19-7-14-24(15-8-19)34(30(35)29-28(31)25-5-3-4-6-27(25)36-29)18-22-17-21(11-16-26(22)32)20-9-12-23(33-2)13-10-20/h3-6,9-13,16-17,19,24,33H,7-8,14-15,18H2,1-2H3. The van der Waals surface area contributed by atoms with Crippen LogP contribution in [-0.4, -0.2) is 23.9 Å². The number of thiophene rings is 1. The molecule has 1 aliphatic carbocycles. The summed E-state index contributed by atoms with van der Waals surface area (Å²) in [7, 11) is 1.88. The molecule has 1 aromatic heterocycles. The van der Waals surface area contributed by atoms with Crippen molar-refractivity contribution in [3.63, 3.8) is 0 Å². The predicted molar refractivity (Wildman–Crippen MR) is 150 cm³/mol. The van der Waals surface area contributed by atoms with E-state index in [0.717, 1.165) is 52.6 Å². The summed E-state index contributed by atoms with van der Waals surface area (Å²) in [6, 6.07) is 21.1. The number of hydrogen-bond donors (Lipinski definition) is 1. The molecule has 0 atom stereocenters. The second-order valence-electron chi connectivity index (χ2n) is 9.72. The molecule has 1 amide bonds. The summed E-state index contributed by atoms with van der Waals surface area (Å²) in [5, 5.41) is 4.51. The van der Waals surface area contributed by atoms with Crippen molar-refractivity contribution in [1.29, 1.82) is 0 Å². The topological polar surface area (TPSA) is 32.3 Å². The lowest BCUT2D eigenvalue weighted by Crippen LogP contribution is -2.41. The van der Waals surface area contributed by atoms with Crippen molar-refractivity contribution in [3.8, 4) is 11.1 Å². The average molecular weight is 521 g/mol. The van der Waals surface area contributed by atoms with Gasteiger partial charge in [-0.1, -0.05) is 54.9 Å². The van der Waals surface area contributed by atoms with Crippen LogP contribution in [0, 0.1) is 11.7 Å². The van der Waals surface area contributed by atoms with Gasteiger partial charge in [-0.25, -0.2) is 4.39 Å². The largest absolute Gasteiger partial charge is 0.388 e. The van der Waals surface area contributed by atoms with Crippen LogP contribution in [0.5, 0.6) is 0 Å². The quantitative estimate of drug-likeness (QED) is 0.276. The smallest absolute Gasteiger partial charge is 0.266 e. The van der Waals surface area contributed by atoms with Gasteiger partial charge < -0.3 is 10.2 Å². The zero-order chi connectivity index (χ0) is 25.2. The van der Waals surface area contributed by atoms with Crippen LogP contribution in [0.2, 0.25) is 5.02 Å². The summed E-state index contributed by atoms with van der Waals surface area (Å²) in [5.74, 6) is 0.241. The zero-order valence-electron chi connectivity index (χ0n) is 20.6. The first-order chi connectivity index (χ1) is 17.4.